The van der Waals surface area contributed by atoms with Gasteiger partial charge in [-0.05, 0) is 37.8 Å². The van der Waals surface area contributed by atoms with Crippen LogP contribution in [0.1, 0.15) is 41.6 Å². The van der Waals surface area contributed by atoms with Gasteiger partial charge in [0.15, 0.2) is 0 Å². The van der Waals surface area contributed by atoms with E-state index in [-0.39, 0.29) is 30.6 Å². The monoisotopic (exact) mass is 284 g/mol. The van der Waals surface area contributed by atoms with E-state index < -0.39 is 0 Å². The van der Waals surface area contributed by atoms with E-state index in [0.29, 0.717) is 18.4 Å². The number of rotatable bonds is 1. The zero-order valence-electron chi connectivity index (χ0n) is 12.0. The molecule has 2 heterocycles. The van der Waals surface area contributed by atoms with Crippen LogP contribution in [0.2, 0.25) is 0 Å². The van der Waals surface area contributed by atoms with Gasteiger partial charge in [0.2, 0.25) is 0 Å². The van der Waals surface area contributed by atoms with Gasteiger partial charge in [-0.1, -0.05) is 24.0 Å². The summed E-state index contributed by atoms with van der Waals surface area (Å²) < 4.78 is 0. The van der Waals surface area contributed by atoms with Gasteiger partial charge in [-0.25, -0.2) is 0 Å². The summed E-state index contributed by atoms with van der Waals surface area (Å²) in [5, 5.41) is 9.86. The Hall–Kier alpha value is -1.83. The highest BCUT2D eigenvalue weighted by atomic mass is 16.3. The van der Waals surface area contributed by atoms with Crippen LogP contribution in [0.25, 0.3) is 0 Å². The van der Waals surface area contributed by atoms with Crippen molar-refractivity contribution in [2.45, 2.75) is 43.9 Å². The molecule has 1 aromatic carbocycles. The number of hydrogen-bond acceptors (Lipinski definition) is 3. The Morgan fingerprint density at radius 3 is 2.62 bits per heavy atom. The van der Waals surface area contributed by atoms with Crippen molar-refractivity contribution >= 4 is 5.91 Å². The zero-order chi connectivity index (χ0) is 14.8. The van der Waals surface area contributed by atoms with Crippen LogP contribution in [0.3, 0.4) is 0 Å². The summed E-state index contributed by atoms with van der Waals surface area (Å²) in [7, 11) is 0. The van der Waals surface area contributed by atoms with E-state index >= 15 is 0 Å². The highest BCUT2D eigenvalue weighted by Crippen LogP contribution is 2.37. The third kappa shape index (κ3) is 2.67. The molecule has 2 fully saturated rings. The zero-order valence-corrected chi connectivity index (χ0v) is 12.0. The standard InChI is InChI=1S/C17H20N2O2/c18-9-3-5-12-4-1-2-6-16(12)17(21)19-13-7-8-14(19)11-15(20)10-13/h1-2,4,6,13-15,20H,7-11,18H2. The molecule has 4 nitrogen and oxygen atoms in total. The molecule has 2 aliphatic heterocycles. The fourth-order valence-electron chi connectivity index (χ4n) is 3.54. The van der Waals surface area contributed by atoms with Crippen LogP contribution in [-0.4, -0.2) is 40.6 Å². The maximum Gasteiger partial charge on any atom is 0.255 e. The normalized spacial score (nSPS) is 27.1. The van der Waals surface area contributed by atoms with Gasteiger partial charge in [-0.2, -0.15) is 0 Å². The van der Waals surface area contributed by atoms with Crippen LogP contribution in [0.15, 0.2) is 24.3 Å². The van der Waals surface area contributed by atoms with Crippen molar-refractivity contribution in [3.05, 3.63) is 35.4 Å². The molecule has 2 unspecified atom stereocenters. The van der Waals surface area contributed by atoms with Crippen LogP contribution in [0.4, 0.5) is 0 Å². The molecule has 2 bridgehead atoms. The maximum atomic E-state index is 12.9. The quantitative estimate of drug-likeness (QED) is 0.760. The Balaban J connectivity index is 1.90. The summed E-state index contributed by atoms with van der Waals surface area (Å²) in [4.78, 5) is 14.9. The van der Waals surface area contributed by atoms with Crippen molar-refractivity contribution in [2.24, 2.45) is 5.73 Å². The minimum absolute atomic E-state index is 0.0383. The summed E-state index contributed by atoms with van der Waals surface area (Å²) in [5.74, 6) is 5.83. The van der Waals surface area contributed by atoms with Crippen molar-refractivity contribution in [3.8, 4) is 11.8 Å². The van der Waals surface area contributed by atoms with Gasteiger partial charge in [-0.3, -0.25) is 4.79 Å². The maximum absolute atomic E-state index is 12.9. The number of nitrogens with zero attached hydrogens (tertiary/aromatic N) is 1. The summed E-state index contributed by atoms with van der Waals surface area (Å²) in [6, 6.07) is 7.76. The van der Waals surface area contributed by atoms with Gasteiger partial charge >= 0.3 is 0 Å². The summed E-state index contributed by atoms with van der Waals surface area (Å²) in [6.07, 6.45) is 3.10. The summed E-state index contributed by atoms with van der Waals surface area (Å²) >= 11 is 0. The molecule has 1 amide bonds. The van der Waals surface area contributed by atoms with E-state index in [1.165, 1.54) is 0 Å². The van der Waals surface area contributed by atoms with Crippen LogP contribution in [0.5, 0.6) is 0 Å². The van der Waals surface area contributed by atoms with Crippen LogP contribution < -0.4 is 5.73 Å². The minimum atomic E-state index is -0.265. The van der Waals surface area contributed by atoms with Crippen LogP contribution >= 0.6 is 0 Å². The number of amides is 1. The predicted octanol–water partition coefficient (Wildman–Crippen LogP) is 1.12. The topological polar surface area (TPSA) is 66.6 Å². The molecule has 2 aliphatic rings. The number of piperidine rings is 1. The molecule has 110 valence electrons. The van der Waals surface area contributed by atoms with Crippen molar-refractivity contribution in [1.29, 1.82) is 0 Å². The van der Waals surface area contributed by atoms with Gasteiger partial charge in [-0.15, -0.1) is 0 Å². The Bertz CT molecular complexity index is 588. The fourth-order valence-corrected chi connectivity index (χ4v) is 3.54. The fraction of sp³-hybridized carbons (Fsp3) is 0.471. The lowest BCUT2D eigenvalue weighted by Gasteiger charge is -2.37. The van der Waals surface area contributed by atoms with E-state index in [0.717, 1.165) is 18.4 Å². The molecule has 0 radical (unpaired) electrons. The molecule has 0 aliphatic carbocycles. The van der Waals surface area contributed by atoms with Crippen molar-refractivity contribution in [2.75, 3.05) is 6.54 Å². The molecule has 0 aromatic heterocycles. The first-order valence-corrected chi connectivity index (χ1v) is 7.49. The van der Waals surface area contributed by atoms with E-state index in [4.69, 9.17) is 5.73 Å². The molecular weight excluding hydrogens is 264 g/mol. The largest absolute Gasteiger partial charge is 0.393 e. The first-order chi connectivity index (χ1) is 10.2. The van der Waals surface area contributed by atoms with Gasteiger partial charge in [0.05, 0.1) is 18.2 Å². The Labute approximate surface area is 124 Å². The molecule has 3 N–H and O–H groups in total. The molecule has 0 spiro atoms. The molecule has 21 heavy (non-hydrogen) atoms. The number of carbonyl (C=O) groups excluding carboxylic acids is 1. The lowest BCUT2D eigenvalue weighted by molar-refractivity contribution is 0.0286. The van der Waals surface area contributed by atoms with Crippen molar-refractivity contribution in [3.63, 3.8) is 0 Å². The summed E-state index contributed by atoms with van der Waals surface area (Å²) in [5.41, 5.74) is 6.80. The SMILES string of the molecule is NCC#Cc1ccccc1C(=O)N1C2CCC1CC(O)C2. The molecule has 3 rings (SSSR count). The molecule has 4 heteroatoms. The number of fused-ring (bicyclic) bond motifs is 2. The number of aliphatic hydroxyl groups is 1. The third-order valence-corrected chi connectivity index (χ3v) is 4.43. The highest BCUT2D eigenvalue weighted by molar-refractivity contribution is 5.97. The molecule has 2 atom stereocenters. The first kappa shape index (κ1) is 14.1. The van der Waals surface area contributed by atoms with Crippen molar-refractivity contribution < 1.29 is 9.90 Å². The number of benzene rings is 1. The summed E-state index contributed by atoms with van der Waals surface area (Å²) in [6.45, 7) is 0.281. The van der Waals surface area contributed by atoms with Crippen LogP contribution in [0, 0.1) is 11.8 Å². The van der Waals surface area contributed by atoms with E-state index in [9.17, 15) is 9.90 Å². The molecular formula is C17H20N2O2. The molecule has 1 aromatic rings. The van der Waals surface area contributed by atoms with Crippen molar-refractivity contribution in [1.82, 2.24) is 4.90 Å². The van der Waals surface area contributed by atoms with E-state index in [1.54, 1.807) is 0 Å². The second-order valence-electron chi connectivity index (χ2n) is 5.77. The third-order valence-electron chi connectivity index (χ3n) is 4.43. The second kappa shape index (κ2) is 5.88. The highest BCUT2D eigenvalue weighted by Gasteiger charge is 2.43. The smallest absolute Gasteiger partial charge is 0.255 e. The predicted molar refractivity (Wildman–Crippen MR) is 80.6 cm³/mol. The number of carbonyl (C=O) groups is 1. The number of aliphatic hydroxyl groups excluding tert-OH is 1. The lowest BCUT2D eigenvalue weighted by atomic mass is 9.97. The van der Waals surface area contributed by atoms with Gasteiger partial charge in [0.1, 0.15) is 0 Å². The molecule has 0 saturated carbocycles. The Kier molecular flexibility index (Phi) is 3.96. The van der Waals surface area contributed by atoms with Gasteiger partial charge in [0, 0.05) is 17.6 Å². The van der Waals surface area contributed by atoms with Gasteiger partial charge < -0.3 is 15.7 Å². The van der Waals surface area contributed by atoms with Gasteiger partial charge in [0.25, 0.3) is 5.91 Å². The molecule has 2 saturated heterocycles. The first-order valence-electron chi connectivity index (χ1n) is 7.49. The number of hydrogen-bond donors (Lipinski definition) is 2. The van der Waals surface area contributed by atoms with E-state index in [2.05, 4.69) is 11.8 Å². The Morgan fingerprint density at radius 2 is 1.95 bits per heavy atom. The lowest BCUT2D eigenvalue weighted by Crippen LogP contribution is -2.48. The van der Waals surface area contributed by atoms with Crippen LogP contribution in [-0.2, 0) is 0 Å². The number of nitrogens with two attached hydrogens (primary N) is 1. The second-order valence-corrected chi connectivity index (χ2v) is 5.77. The van der Waals surface area contributed by atoms with E-state index in [1.807, 2.05) is 29.2 Å². The Morgan fingerprint density at radius 1 is 1.29 bits per heavy atom. The average Bonchev–Trinajstić information content (AvgIpc) is 2.76. The minimum Gasteiger partial charge on any atom is -0.393 e. The average molecular weight is 284 g/mol.